The summed E-state index contributed by atoms with van der Waals surface area (Å²) in [6.07, 6.45) is 2.18. The molecule has 0 saturated carbocycles. The minimum Gasteiger partial charge on any atom is -0.508 e. The molecule has 3 N–H and O–H groups in total. The number of H-pyrrole nitrogens is 1. The van der Waals surface area contributed by atoms with Gasteiger partial charge in [0.2, 0.25) is 0 Å². The highest BCUT2D eigenvalue weighted by Crippen LogP contribution is 2.39. The summed E-state index contributed by atoms with van der Waals surface area (Å²) in [5, 5.41) is 20.3. The number of phenols is 1. The molecule has 0 radical (unpaired) electrons. The Bertz CT molecular complexity index is 952. The number of para-hydroxylation sites is 1. The molecule has 1 aliphatic carbocycles. The number of nitrogens with one attached hydrogen (secondary N) is 1. The Labute approximate surface area is 132 Å². The first-order valence-electron chi connectivity index (χ1n) is 7.46. The van der Waals surface area contributed by atoms with Gasteiger partial charge in [0, 0.05) is 34.5 Å². The Morgan fingerprint density at radius 1 is 1.13 bits per heavy atom. The summed E-state index contributed by atoms with van der Waals surface area (Å²) in [6.45, 7) is 0. The summed E-state index contributed by atoms with van der Waals surface area (Å²) in [4.78, 5) is 15.0. The van der Waals surface area contributed by atoms with E-state index in [2.05, 4.69) is 4.98 Å². The average molecular weight is 305 g/mol. The number of benzene rings is 2. The number of carbonyl (C=O) groups is 1. The SMILES string of the molecule is O=C(O)C1=C[C@H](c2cccc(O)c2)c2[nH]c3ccccc3c2C1. The average Bonchev–Trinajstić information content (AvgIpc) is 2.92. The first-order chi connectivity index (χ1) is 11.1. The fourth-order valence-electron chi connectivity index (χ4n) is 3.34. The van der Waals surface area contributed by atoms with Crippen LogP contribution in [0.25, 0.3) is 10.9 Å². The molecule has 0 amide bonds. The molecule has 1 heterocycles. The van der Waals surface area contributed by atoms with Gasteiger partial charge in [0.1, 0.15) is 5.75 Å². The minimum atomic E-state index is -0.897. The number of fused-ring (bicyclic) bond motifs is 3. The number of aromatic hydroxyl groups is 1. The molecule has 0 spiro atoms. The molecule has 0 saturated heterocycles. The summed E-state index contributed by atoms with van der Waals surface area (Å²) >= 11 is 0. The summed E-state index contributed by atoms with van der Waals surface area (Å²) in [5.41, 5.74) is 4.28. The van der Waals surface area contributed by atoms with Crippen LogP contribution in [-0.2, 0) is 11.2 Å². The zero-order chi connectivity index (χ0) is 16.0. The highest BCUT2D eigenvalue weighted by atomic mass is 16.4. The Morgan fingerprint density at radius 2 is 1.96 bits per heavy atom. The number of hydrogen-bond donors (Lipinski definition) is 3. The van der Waals surface area contributed by atoms with Crippen LogP contribution in [0.1, 0.15) is 22.7 Å². The standard InChI is InChI=1S/C19H15NO3/c21-13-5-3-4-11(8-13)15-9-12(19(22)23)10-16-14-6-1-2-7-17(14)20-18(15)16/h1-9,15,20-21H,10H2,(H,22,23)/t15-/m1/s1. The maximum Gasteiger partial charge on any atom is 0.331 e. The van der Waals surface area contributed by atoms with E-state index in [1.54, 1.807) is 24.3 Å². The molecule has 0 aliphatic heterocycles. The van der Waals surface area contributed by atoms with Crippen molar-refractivity contribution in [2.75, 3.05) is 0 Å². The normalized spacial score (nSPS) is 16.9. The zero-order valence-electron chi connectivity index (χ0n) is 12.3. The number of aromatic nitrogens is 1. The van der Waals surface area contributed by atoms with Crippen molar-refractivity contribution in [3.8, 4) is 5.75 Å². The lowest BCUT2D eigenvalue weighted by atomic mass is 9.83. The summed E-state index contributed by atoms with van der Waals surface area (Å²) in [5.74, 6) is -0.925. The van der Waals surface area contributed by atoms with Crippen molar-refractivity contribution in [2.45, 2.75) is 12.3 Å². The van der Waals surface area contributed by atoms with E-state index in [4.69, 9.17) is 0 Å². The van der Waals surface area contributed by atoms with Crippen molar-refractivity contribution >= 4 is 16.9 Å². The molecule has 0 unspecified atom stereocenters. The maximum absolute atomic E-state index is 11.5. The monoisotopic (exact) mass is 305 g/mol. The van der Waals surface area contributed by atoms with Gasteiger partial charge in [-0.15, -0.1) is 0 Å². The first-order valence-corrected chi connectivity index (χ1v) is 7.46. The van der Waals surface area contributed by atoms with E-state index in [1.807, 2.05) is 30.3 Å². The number of carboxylic acids is 1. The van der Waals surface area contributed by atoms with E-state index < -0.39 is 5.97 Å². The lowest BCUT2D eigenvalue weighted by Crippen LogP contribution is -2.14. The van der Waals surface area contributed by atoms with Crippen molar-refractivity contribution in [1.29, 1.82) is 0 Å². The highest BCUT2D eigenvalue weighted by Gasteiger charge is 2.28. The van der Waals surface area contributed by atoms with Crippen LogP contribution in [0, 0.1) is 0 Å². The van der Waals surface area contributed by atoms with Crippen molar-refractivity contribution in [3.05, 3.63) is 77.0 Å². The van der Waals surface area contributed by atoms with Crippen molar-refractivity contribution < 1.29 is 15.0 Å². The lowest BCUT2D eigenvalue weighted by molar-refractivity contribution is -0.132. The van der Waals surface area contributed by atoms with Crippen LogP contribution in [0.15, 0.2) is 60.2 Å². The van der Waals surface area contributed by atoms with E-state index in [9.17, 15) is 15.0 Å². The molecule has 1 atom stereocenters. The number of rotatable bonds is 2. The van der Waals surface area contributed by atoms with Gasteiger partial charge in [-0.3, -0.25) is 0 Å². The third kappa shape index (κ3) is 2.19. The van der Waals surface area contributed by atoms with Gasteiger partial charge in [0.05, 0.1) is 0 Å². The molecular formula is C19H15NO3. The molecular weight excluding hydrogens is 290 g/mol. The second kappa shape index (κ2) is 5.02. The predicted octanol–water partition coefficient (Wildman–Crippen LogP) is 3.57. The van der Waals surface area contributed by atoms with Gasteiger partial charge < -0.3 is 15.2 Å². The first kappa shape index (κ1) is 13.6. The quantitative estimate of drug-likeness (QED) is 0.677. The maximum atomic E-state index is 11.5. The van der Waals surface area contributed by atoms with E-state index in [-0.39, 0.29) is 11.7 Å². The number of aromatic amines is 1. The summed E-state index contributed by atoms with van der Waals surface area (Å²) in [7, 11) is 0. The van der Waals surface area contributed by atoms with Gasteiger partial charge in [-0.2, -0.15) is 0 Å². The van der Waals surface area contributed by atoms with Crippen LogP contribution in [-0.4, -0.2) is 21.2 Å². The second-order valence-electron chi connectivity index (χ2n) is 5.81. The predicted molar refractivity (Wildman–Crippen MR) is 87.7 cm³/mol. The lowest BCUT2D eigenvalue weighted by Gasteiger charge is -2.21. The Hall–Kier alpha value is -3.01. The van der Waals surface area contributed by atoms with E-state index >= 15 is 0 Å². The molecule has 1 aromatic heterocycles. The topological polar surface area (TPSA) is 73.3 Å². The minimum absolute atomic E-state index is 0.177. The molecule has 2 aromatic carbocycles. The molecule has 0 bridgehead atoms. The van der Waals surface area contributed by atoms with Crippen LogP contribution in [0.3, 0.4) is 0 Å². The van der Waals surface area contributed by atoms with Gasteiger partial charge in [-0.1, -0.05) is 36.4 Å². The van der Waals surface area contributed by atoms with Gasteiger partial charge in [-0.05, 0) is 29.3 Å². The smallest absolute Gasteiger partial charge is 0.331 e. The van der Waals surface area contributed by atoms with E-state index in [1.165, 1.54) is 0 Å². The molecule has 3 aromatic rings. The molecule has 1 aliphatic rings. The van der Waals surface area contributed by atoms with E-state index in [0.717, 1.165) is 27.7 Å². The number of allylic oxidation sites excluding steroid dienone is 1. The van der Waals surface area contributed by atoms with Crippen LogP contribution in [0.5, 0.6) is 5.75 Å². The van der Waals surface area contributed by atoms with Gasteiger partial charge in [0.15, 0.2) is 0 Å². The molecule has 0 fully saturated rings. The third-order valence-corrected chi connectivity index (χ3v) is 4.40. The van der Waals surface area contributed by atoms with Crippen molar-refractivity contribution in [2.24, 2.45) is 0 Å². The molecule has 4 heteroatoms. The van der Waals surface area contributed by atoms with Crippen molar-refractivity contribution in [1.82, 2.24) is 4.98 Å². The summed E-state index contributed by atoms with van der Waals surface area (Å²) < 4.78 is 0. The van der Waals surface area contributed by atoms with Gasteiger partial charge in [-0.25, -0.2) is 4.79 Å². The Kier molecular flexibility index (Phi) is 2.98. The Morgan fingerprint density at radius 3 is 2.74 bits per heavy atom. The van der Waals surface area contributed by atoms with Crippen molar-refractivity contribution in [3.63, 3.8) is 0 Å². The van der Waals surface area contributed by atoms with Crippen LogP contribution >= 0.6 is 0 Å². The van der Waals surface area contributed by atoms with Gasteiger partial charge in [0.25, 0.3) is 0 Å². The second-order valence-corrected chi connectivity index (χ2v) is 5.81. The van der Waals surface area contributed by atoms with Gasteiger partial charge >= 0.3 is 5.97 Å². The molecule has 4 rings (SSSR count). The third-order valence-electron chi connectivity index (χ3n) is 4.40. The largest absolute Gasteiger partial charge is 0.508 e. The number of phenolic OH excluding ortho intramolecular Hbond substituents is 1. The summed E-state index contributed by atoms with van der Waals surface area (Å²) in [6, 6.07) is 14.9. The molecule has 114 valence electrons. The zero-order valence-corrected chi connectivity index (χ0v) is 12.3. The number of hydrogen-bond acceptors (Lipinski definition) is 2. The number of carboxylic acid groups (broad SMARTS) is 1. The highest BCUT2D eigenvalue weighted by molar-refractivity contribution is 5.92. The van der Waals surface area contributed by atoms with E-state index in [0.29, 0.717) is 12.0 Å². The molecule has 4 nitrogen and oxygen atoms in total. The molecule has 23 heavy (non-hydrogen) atoms. The van der Waals surface area contributed by atoms with Crippen LogP contribution in [0.2, 0.25) is 0 Å². The number of aliphatic carboxylic acids is 1. The fraction of sp³-hybridized carbons (Fsp3) is 0.105. The fourth-order valence-corrected chi connectivity index (χ4v) is 3.34. The van der Waals surface area contributed by atoms with Crippen LogP contribution in [0.4, 0.5) is 0 Å². The Balaban J connectivity index is 1.96. The van der Waals surface area contributed by atoms with Crippen LogP contribution < -0.4 is 0 Å².